The molecule has 2 rings (SSSR count). The highest BCUT2D eigenvalue weighted by molar-refractivity contribution is 6.04. The van der Waals surface area contributed by atoms with Crippen molar-refractivity contribution in [3.05, 3.63) is 35.6 Å². The number of carbonyl (C=O) groups excluding carboxylic acids is 1. The maximum atomic E-state index is 13.5. The van der Waals surface area contributed by atoms with Crippen LogP contribution in [-0.2, 0) is 9.47 Å². The summed E-state index contributed by atoms with van der Waals surface area (Å²) in [5, 5.41) is 2.44. The van der Waals surface area contributed by atoms with E-state index in [1.807, 2.05) is 0 Å². The minimum atomic E-state index is -0.587. The number of nitrogens with zero attached hydrogens (tertiary/aromatic N) is 1. The van der Waals surface area contributed by atoms with E-state index < -0.39 is 11.7 Å². The van der Waals surface area contributed by atoms with Gasteiger partial charge in [0.05, 0.1) is 25.3 Å². The van der Waals surface area contributed by atoms with Gasteiger partial charge in [-0.25, -0.2) is 9.38 Å². The lowest BCUT2D eigenvalue weighted by atomic mass is 10.2. The van der Waals surface area contributed by atoms with Gasteiger partial charge in [0.15, 0.2) is 0 Å². The van der Waals surface area contributed by atoms with E-state index in [-0.39, 0.29) is 17.7 Å². The molecule has 1 saturated heterocycles. The lowest BCUT2D eigenvalue weighted by molar-refractivity contribution is 0.0962. The van der Waals surface area contributed by atoms with Crippen molar-refractivity contribution in [1.82, 2.24) is 5.32 Å². The summed E-state index contributed by atoms with van der Waals surface area (Å²) in [6, 6.07) is 5.81. The van der Waals surface area contributed by atoms with Crippen molar-refractivity contribution in [3.63, 3.8) is 0 Å². The molecule has 1 heterocycles. The zero-order chi connectivity index (χ0) is 14.4. The predicted octanol–water partition coefficient (Wildman–Crippen LogP) is 1.74. The Hall–Kier alpha value is -1.95. The summed E-state index contributed by atoms with van der Waals surface area (Å²) >= 11 is 0. The third kappa shape index (κ3) is 3.77. The zero-order valence-electron chi connectivity index (χ0n) is 11.3. The number of halogens is 1. The lowest BCUT2D eigenvalue weighted by Crippen LogP contribution is -2.33. The Morgan fingerprint density at radius 1 is 1.55 bits per heavy atom. The van der Waals surface area contributed by atoms with Crippen LogP contribution in [0.4, 0.5) is 4.39 Å². The molecule has 1 aliphatic heterocycles. The van der Waals surface area contributed by atoms with Crippen LogP contribution < -0.4 is 5.32 Å². The first-order chi connectivity index (χ1) is 9.70. The molecular formula is C14H17FN2O3. The summed E-state index contributed by atoms with van der Waals surface area (Å²) in [5.74, 6) is -1.17. The van der Waals surface area contributed by atoms with Crippen LogP contribution in [0.25, 0.3) is 0 Å². The Labute approximate surface area is 116 Å². The highest BCUT2D eigenvalue weighted by Gasteiger charge is 2.17. The van der Waals surface area contributed by atoms with E-state index in [4.69, 9.17) is 9.47 Å². The van der Waals surface area contributed by atoms with Crippen LogP contribution in [0.3, 0.4) is 0 Å². The summed E-state index contributed by atoms with van der Waals surface area (Å²) < 4.78 is 23.9. The van der Waals surface area contributed by atoms with Crippen LogP contribution in [0.15, 0.2) is 29.3 Å². The monoisotopic (exact) mass is 280 g/mol. The predicted molar refractivity (Wildman–Crippen MR) is 72.2 cm³/mol. The number of amides is 1. The largest absolute Gasteiger partial charge is 0.468 e. The number of methoxy groups -OCH3 is 1. The fourth-order valence-electron chi connectivity index (χ4n) is 1.94. The Balaban J connectivity index is 1.97. The molecule has 5 nitrogen and oxygen atoms in total. The molecule has 0 radical (unpaired) electrons. The number of amidine groups is 1. The number of hydrogen-bond acceptors (Lipinski definition) is 4. The molecule has 1 aromatic rings. The van der Waals surface area contributed by atoms with Gasteiger partial charge in [0.2, 0.25) is 0 Å². The number of benzene rings is 1. The van der Waals surface area contributed by atoms with Crippen LogP contribution in [0.2, 0.25) is 0 Å². The maximum Gasteiger partial charge on any atom is 0.291 e. The van der Waals surface area contributed by atoms with Gasteiger partial charge in [0.1, 0.15) is 5.82 Å². The molecule has 6 heteroatoms. The first kappa shape index (κ1) is 14.5. The van der Waals surface area contributed by atoms with E-state index in [1.165, 1.54) is 25.3 Å². The van der Waals surface area contributed by atoms with Gasteiger partial charge in [-0.1, -0.05) is 12.1 Å². The highest BCUT2D eigenvalue weighted by Crippen LogP contribution is 2.12. The van der Waals surface area contributed by atoms with Crippen LogP contribution >= 0.6 is 0 Å². The quantitative estimate of drug-likeness (QED) is 0.677. The van der Waals surface area contributed by atoms with E-state index in [0.717, 1.165) is 19.4 Å². The second-order valence-corrected chi connectivity index (χ2v) is 4.42. The van der Waals surface area contributed by atoms with Gasteiger partial charge < -0.3 is 9.47 Å². The minimum Gasteiger partial charge on any atom is -0.468 e. The fourth-order valence-corrected chi connectivity index (χ4v) is 1.94. The van der Waals surface area contributed by atoms with Crippen molar-refractivity contribution in [1.29, 1.82) is 0 Å². The molecule has 1 fully saturated rings. The molecule has 0 spiro atoms. The SMILES string of the molecule is COC(=NCC1CCCO1)NC(=O)c1ccccc1F. The molecule has 1 amide bonds. The van der Waals surface area contributed by atoms with Crippen molar-refractivity contribution in [2.24, 2.45) is 4.99 Å². The molecule has 20 heavy (non-hydrogen) atoms. The van der Waals surface area contributed by atoms with Gasteiger partial charge in [-0.15, -0.1) is 0 Å². The molecule has 1 aliphatic rings. The number of carbonyl (C=O) groups is 1. The van der Waals surface area contributed by atoms with Crippen LogP contribution in [0, 0.1) is 5.82 Å². The standard InChI is InChI=1S/C14H17FN2O3/c1-19-14(16-9-10-5-4-8-20-10)17-13(18)11-6-2-3-7-12(11)15/h2-3,6-7,10H,4-5,8-9H2,1H3,(H,16,17,18). The van der Waals surface area contributed by atoms with E-state index in [9.17, 15) is 9.18 Å². The first-order valence-corrected chi connectivity index (χ1v) is 6.46. The topological polar surface area (TPSA) is 59.9 Å². The number of rotatable bonds is 3. The van der Waals surface area contributed by atoms with Crippen LogP contribution in [0.1, 0.15) is 23.2 Å². The van der Waals surface area contributed by atoms with Gasteiger partial charge in [-0.05, 0) is 25.0 Å². The molecule has 1 N–H and O–H groups in total. The van der Waals surface area contributed by atoms with Crippen molar-refractivity contribution >= 4 is 11.9 Å². The minimum absolute atomic E-state index is 0.0469. The molecule has 0 aliphatic carbocycles. The number of ether oxygens (including phenoxy) is 2. The molecule has 1 atom stereocenters. The van der Waals surface area contributed by atoms with E-state index in [0.29, 0.717) is 6.54 Å². The van der Waals surface area contributed by atoms with Gasteiger partial charge >= 0.3 is 0 Å². The van der Waals surface area contributed by atoms with Gasteiger partial charge in [-0.2, -0.15) is 0 Å². The van der Waals surface area contributed by atoms with Gasteiger partial charge in [-0.3, -0.25) is 10.1 Å². The van der Waals surface area contributed by atoms with Crippen molar-refractivity contribution in [2.75, 3.05) is 20.3 Å². The van der Waals surface area contributed by atoms with Crippen LogP contribution in [0.5, 0.6) is 0 Å². The number of aliphatic imine (C=N–C) groups is 1. The Morgan fingerprint density at radius 2 is 2.35 bits per heavy atom. The normalized spacial score (nSPS) is 18.9. The maximum absolute atomic E-state index is 13.5. The van der Waals surface area contributed by atoms with E-state index in [2.05, 4.69) is 10.3 Å². The summed E-state index contributed by atoms with van der Waals surface area (Å²) in [7, 11) is 1.40. The number of nitrogens with one attached hydrogen (secondary N) is 1. The van der Waals surface area contributed by atoms with Gasteiger partial charge in [0.25, 0.3) is 11.9 Å². The average molecular weight is 280 g/mol. The molecule has 108 valence electrons. The van der Waals surface area contributed by atoms with Crippen molar-refractivity contribution in [2.45, 2.75) is 18.9 Å². The Bertz CT molecular complexity index is 499. The Morgan fingerprint density at radius 3 is 3.00 bits per heavy atom. The first-order valence-electron chi connectivity index (χ1n) is 6.46. The zero-order valence-corrected chi connectivity index (χ0v) is 11.3. The van der Waals surface area contributed by atoms with E-state index in [1.54, 1.807) is 6.07 Å². The molecule has 1 unspecified atom stereocenters. The highest BCUT2D eigenvalue weighted by atomic mass is 19.1. The molecule has 1 aromatic carbocycles. The third-order valence-corrected chi connectivity index (χ3v) is 2.99. The van der Waals surface area contributed by atoms with E-state index >= 15 is 0 Å². The molecule has 0 saturated carbocycles. The van der Waals surface area contributed by atoms with Gasteiger partial charge in [0, 0.05) is 6.61 Å². The lowest BCUT2D eigenvalue weighted by Gasteiger charge is -2.10. The second-order valence-electron chi connectivity index (χ2n) is 4.42. The summed E-state index contributed by atoms with van der Waals surface area (Å²) in [4.78, 5) is 16.0. The van der Waals surface area contributed by atoms with Crippen LogP contribution in [-0.4, -0.2) is 38.3 Å². The smallest absolute Gasteiger partial charge is 0.291 e. The Kier molecular flexibility index (Phi) is 5.06. The summed E-state index contributed by atoms with van der Waals surface area (Å²) in [6.07, 6.45) is 2.02. The number of hydrogen-bond donors (Lipinski definition) is 1. The molecule has 0 aromatic heterocycles. The third-order valence-electron chi connectivity index (χ3n) is 2.99. The molecular weight excluding hydrogens is 263 g/mol. The molecule has 0 bridgehead atoms. The second kappa shape index (κ2) is 7.00. The van der Waals surface area contributed by atoms with Crippen molar-refractivity contribution < 1.29 is 18.7 Å². The van der Waals surface area contributed by atoms with Crippen molar-refractivity contribution in [3.8, 4) is 0 Å². The fraction of sp³-hybridized carbons (Fsp3) is 0.429. The summed E-state index contributed by atoms with van der Waals surface area (Å²) in [6.45, 7) is 1.16. The summed E-state index contributed by atoms with van der Waals surface area (Å²) in [5.41, 5.74) is -0.0469. The average Bonchev–Trinajstić information content (AvgIpc) is 2.97.